The number of aryl methyl sites for hydroxylation is 1. The topological polar surface area (TPSA) is 75.4 Å². The minimum absolute atomic E-state index is 0.0266. The van der Waals surface area contributed by atoms with Gasteiger partial charge >= 0.3 is 6.03 Å². The van der Waals surface area contributed by atoms with Crippen LogP contribution < -0.4 is 11.1 Å². The highest BCUT2D eigenvalue weighted by atomic mass is 16.2. The lowest BCUT2D eigenvalue weighted by atomic mass is 10.1. The standard InChI is InChI=1S/C12H17N3O2/c1-9-5-3-4-6-10(9)7-14-11(16)8-15(2)12(13)17/h3-6H,7-8H2,1-2H3,(H2,13,17)(H,14,16). The first-order valence-electron chi connectivity index (χ1n) is 5.32. The van der Waals surface area contributed by atoms with Crippen molar-refractivity contribution in [2.75, 3.05) is 13.6 Å². The highest BCUT2D eigenvalue weighted by molar-refractivity contribution is 5.83. The fourth-order valence-electron chi connectivity index (χ4n) is 1.35. The van der Waals surface area contributed by atoms with E-state index in [1.165, 1.54) is 7.05 Å². The second-order valence-corrected chi connectivity index (χ2v) is 3.90. The van der Waals surface area contributed by atoms with Gasteiger partial charge in [-0.3, -0.25) is 4.79 Å². The molecule has 92 valence electrons. The number of amides is 3. The van der Waals surface area contributed by atoms with Crippen molar-refractivity contribution in [3.05, 3.63) is 35.4 Å². The van der Waals surface area contributed by atoms with E-state index in [0.717, 1.165) is 16.0 Å². The summed E-state index contributed by atoms with van der Waals surface area (Å²) in [7, 11) is 1.48. The van der Waals surface area contributed by atoms with Crippen molar-refractivity contribution in [2.24, 2.45) is 5.73 Å². The van der Waals surface area contributed by atoms with E-state index in [1.807, 2.05) is 31.2 Å². The molecule has 3 N–H and O–H groups in total. The summed E-state index contributed by atoms with van der Waals surface area (Å²) in [6.45, 7) is 2.41. The number of rotatable bonds is 4. The molecule has 0 atom stereocenters. The number of primary amides is 1. The van der Waals surface area contributed by atoms with Crippen LogP contribution in [0.25, 0.3) is 0 Å². The van der Waals surface area contributed by atoms with Gasteiger partial charge in [0.15, 0.2) is 0 Å². The van der Waals surface area contributed by atoms with Crippen LogP contribution in [0.2, 0.25) is 0 Å². The van der Waals surface area contributed by atoms with Crippen LogP contribution in [0.1, 0.15) is 11.1 Å². The minimum atomic E-state index is -0.615. The first-order valence-corrected chi connectivity index (χ1v) is 5.32. The third-order valence-electron chi connectivity index (χ3n) is 2.49. The summed E-state index contributed by atoms with van der Waals surface area (Å²) < 4.78 is 0. The maximum Gasteiger partial charge on any atom is 0.314 e. The molecular weight excluding hydrogens is 218 g/mol. The number of hydrogen-bond donors (Lipinski definition) is 2. The lowest BCUT2D eigenvalue weighted by Crippen LogP contribution is -2.40. The Hall–Kier alpha value is -2.04. The fourth-order valence-corrected chi connectivity index (χ4v) is 1.35. The number of urea groups is 1. The first-order chi connectivity index (χ1) is 8.00. The van der Waals surface area contributed by atoms with Gasteiger partial charge in [-0.1, -0.05) is 24.3 Å². The zero-order valence-corrected chi connectivity index (χ0v) is 10.1. The lowest BCUT2D eigenvalue weighted by Gasteiger charge is -2.14. The van der Waals surface area contributed by atoms with Crippen LogP contribution in [-0.4, -0.2) is 30.4 Å². The predicted molar refractivity (Wildman–Crippen MR) is 65.2 cm³/mol. The Labute approximate surface area is 101 Å². The predicted octanol–water partition coefficient (Wildman–Crippen LogP) is 0.622. The molecule has 5 nitrogen and oxygen atoms in total. The highest BCUT2D eigenvalue weighted by Crippen LogP contribution is 2.05. The summed E-state index contributed by atoms with van der Waals surface area (Å²) in [5.41, 5.74) is 7.20. The molecule has 5 heteroatoms. The largest absolute Gasteiger partial charge is 0.351 e. The third kappa shape index (κ3) is 4.14. The van der Waals surface area contributed by atoms with Crippen LogP contribution in [0.5, 0.6) is 0 Å². The summed E-state index contributed by atoms with van der Waals surface area (Å²) in [5, 5.41) is 2.74. The summed E-state index contributed by atoms with van der Waals surface area (Å²) in [6.07, 6.45) is 0. The summed E-state index contributed by atoms with van der Waals surface area (Å²) in [5.74, 6) is -0.227. The maximum absolute atomic E-state index is 11.5. The molecule has 0 aliphatic heterocycles. The van der Waals surface area contributed by atoms with Crippen LogP contribution >= 0.6 is 0 Å². The minimum Gasteiger partial charge on any atom is -0.351 e. The molecule has 0 heterocycles. The van der Waals surface area contributed by atoms with E-state index in [1.54, 1.807) is 0 Å². The van der Waals surface area contributed by atoms with E-state index in [4.69, 9.17) is 5.73 Å². The summed E-state index contributed by atoms with van der Waals surface area (Å²) in [4.78, 5) is 23.4. The summed E-state index contributed by atoms with van der Waals surface area (Å²) >= 11 is 0. The van der Waals surface area contributed by atoms with Crippen molar-refractivity contribution in [2.45, 2.75) is 13.5 Å². The van der Waals surface area contributed by atoms with Crippen molar-refractivity contribution in [3.63, 3.8) is 0 Å². The Balaban J connectivity index is 2.44. The van der Waals surface area contributed by atoms with Crippen molar-refractivity contribution in [1.29, 1.82) is 0 Å². The third-order valence-corrected chi connectivity index (χ3v) is 2.49. The van der Waals surface area contributed by atoms with Gasteiger partial charge in [0.1, 0.15) is 6.54 Å². The average Bonchev–Trinajstić information content (AvgIpc) is 2.27. The smallest absolute Gasteiger partial charge is 0.314 e. The van der Waals surface area contributed by atoms with Gasteiger partial charge in [-0.15, -0.1) is 0 Å². The Morgan fingerprint density at radius 2 is 2.00 bits per heavy atom. The molecule has 1 rings (SSSR count). The number of hydrogen-bond acceptors (Lipinski definition) is 2. The maximum atomic E-state index is 11.5. The molecule has 3 amide bonds. The summed E-state index contributed by atoms with van der Waals surface area (Å²) in [6, 6.07) is 7.19. The number of carbonyl (C=O) groups excluding carboxylic acids is 2. The number of benzene rings is 1. The Bertz CT molecular complexity index is 418. The van der Waals surface area contributed by atoms with Gasteiger partial charge in [-0.2, -0.15) is 0 Å². The number of likely N-dealkylation sites (N-methyl/N-ethyl adjacent to an activating group) is 1. The second kappa shape index (κ2) is 5.89. The van der Waals surface area contributed by atoms with Gasteiger partial charge in [-0.05, 0) is 18.1 Å². The van der Waals surface area contributed by atoms with E-state index >= 15 is 0 Å². The molecule has 0 saturated carbocycles. The van der Waals surface area contributed by atoms with Gasteiger partial charge < -0.3 is 16.0 Å². The second-order valence-electron chi connectivity index (χ2n) is 3.90. The Morgan fingerprint density at radius 1 is 1.35 bits per heavy atom. The molecule has 0 saturated heterocycles. The van der Waals surface area contributed by atoms with E-state index < -0.39 is 6.03 Å². The molecule has 0 bridgehead atoms. The lowest BCUT2D eigenvalue weighted by molar-refractivity contribution is -0.121. The zero-order chi connectivity index (χ0) is 12.8. The number of nitrogens with zero attached hydrogens (tertiary/aromatic N) is 1. The molecule has 0 aliphatic rings. The first kappa shape index (κ1) is 13.0. The van der Waals surface area contributed by atoms with E-state index in [0.29, 0.717) is 6.54 Å². The normalized spacial score (nSPS) is 9.76. The van der Waals surface area contributed by atoms with E-state index in [9.17, 15) is 9.59 Å². The molecule has 1 aromatic rings. The SMILES string of the molecule is Cc1ccccc1CNC(=O)CN(C)C(N)=O. The molecule has 0 unspecified atom stereocenters. The Morgan fingerprint density at radius 3 is 2.59 bits per heavy atom. The number of carbonyl (C=O) groups is 2. The molecule has 0 aliphatic carbocycles. The molecule has 17 heavy (non-hydrogen) atoms. The number of nitrogens with two attached hydrogens (primary N) is 1. The highest BCUT2D eigenvalue weighted by Gasteiger charge is 2.09. The van der Waals surface area contributed by atoms with Gasteiger partial charge in [0, 0.05) is 13.6 Å². The quantitative estimate of drug-likeness (QED) is 0.802. The monoisotopic (exact) mass is 235 g/mol. The number of nitrogens with one attached hydrogen (secondary N) is 1. The average molecular weight is 235 g/mol. The van der Waals surface area contributed by atoms with Gasteiger partial charge in [-0.25, -0.2) is 4.79 Å². The Kier molecular flexibility index (Phi) is 4.51. The molecule has 1 aromatic carbocycles. The molecule has 0 radical (unpaired) electrons. The van der Waals surface area contributed by atoms with Crippen LogP contribution in [0, 0.1) is 6.92 Å². The molecule has 0 aromatic heterocycles. The van der Waals surface area contributed by atoms with Crippen molar-refractivity contribution >= 4 is 11.9 Å². The van der Waals surface area contributed by atoms with Crippen LogP contribution in [0.3, 0.4) is 0 Å². The van der Waals surface area contributed by atoms with Crippen LogP contribution in [0.15, 0.2) is 24.3 Å². The van der Waals surface area contributed by atoms with Crippen LogP contribution in [-0.2, 0) is 11.3 Å². The van der Waals surface area contributed by atoms with Gasteiger partial charge in [0.05, 0.1) is 0 Å². The van der Waals surface area contributed by atoms with Crippen molar-refractivity contribution in [1.82, 2.24) is 10.2 Å². The molecular formula is C12H17N3O2. The van der Waals surface area contributed by atoms with Gasteiger partial charge in [0.25, 0.3) is 0 Å². The van der Waals surface area contributed by atoms with Crippen molar-refractivity contribution < 1.29 is 9.59 Å². The molecule has 0 spiro atoms. The zero-order valence-electron chi connectivity index (χ0n) is 10.1. The van der Waals surface area contributed by atoms with Crippen LogP contribution in [0.4, 0.5) is 4.79 Å². The molecule has 0 fully saturated rings. The van der Waals surface area contributed by atoms with Crippen molar-refractivity contribution in [3.8, 4) is 0 Å². The van der Waals surface area contributed by atoms with E-state index in [-0.39, 0.29) is 12.5 Å². The van der Waals surface area contributed by atoms with Gasteiger partial charge in [0.2, 0.25) is 5.91 Å². The van der Waals surface area contributed by atoms with E-state index in [2.05, 4.69) is 5.32 Å². The fraction of sp³-hybridized carbons (Fsp3) is 0.333.